The van der Waals surface area contributed by atoms with Crippen LogP contribution in [-0.4, -0.2) is 24.1 Å². The predicted molar refractivity (Wildman–Crippen MR) is 66.3 cm³/mol. The maximum Gasteiger partial charge on any atom is 0.226 e. The number of rotatable bonds is 6. The highest BCUT2D eigenvalue weighted by Crippen LogP contribution is 2.10. The number of nitrogens with zero attached hydrogens (tertiary/aromatic N) is 1. The Labute approximate surface area is 104 Å². The third kappa shape index (κ3) is 5.23. The van der Waals surface area contributed by atoms with Crippen LogP contribution in [0.3, 0.4) is 0 Å². The first kappa shape index (κ1) is 13.1. The first-order valence-electron chi connectivity index (χ1n) is 5.21. The van der Waals surface area contributed by atoms with Crippen LogP contribution < -0.4 is 5.32 Å². The summed E-state index contributed by atoms with van der Waals surface area (Å²) in [5.74, 6) is -0.0553. The van der Waals surface area contributed by atoms with Gasteiger partial charge in [0.15, 0.2) is 0 Å². The summed E-state index contributed by atoms with van der Waals surface area (Å²) in [4.78, 5) is 15.4. The number of ether oxygens (including phenoxy) is 1. The average molecular weight is 287 g/mol. The lowest BCUT2D eigenvalue weighted by Crippen LogP contribution is -2.14. The molecular weight excluding hydrogens is 272 g/mol. The van der Waals surface area contributed by atoms with Crippen LogP contribution in [0.5, 0.6) is 0 Å². The van der Waals surface area contributed by atoms with E-state index in [1.54, 1.807) is 18.3 Å². The predicted octanol–water partition coefficient (Wildman–Crippen LogP) is 2.60. The van der Waals surface area contributed by atoms with Crippen molar-refractivity contribution in [3.05, 3.63) is 22.9 Å². The van der Waals surface area contributed by atoms with Crippen molar-refractivity contribution in [2.24, 2.45) is 0 Å². The van der Waals surface area contributed by atoms with Crippen LogP contribution in [-0.2, 0) is 9.53 Å². The van der Waals surface area contributed by atoms with Gasteiger partial charge in [0, 0.05) is 6.61 Å². The Morgan fingerprint density at radius 3 is 2.94 bits per heavy atom. The summed E-state index contributed by atoms with van der Waals surface area (Å²) in [6, 6.07) is 3.57. The monoisotopic (exact) mass is 286 g/mol. The highest BCUT2D eigenvalue weighted by atomic mass is 79.9. The Balaban J connectivity index is 2.26. The summed E-state index contributed by atoms with van der Waals surface area (Å²) in [6.07, 6.45) is 2.95. The lowest BCUT2D eigenvalue weighted by atomic mass is 10.3. The van der Waals surface area contributed by atoms with Crippen molar-refractivity contribution in [3.8, 4) is 0 Å². The highest BCUT2D eigenvalue weighted by molar-refractivity contribution is 9.10. The Hall–Kier alpha value is -0.940. The molecule has 0 spiro atoms. The molecule has 0 saturated heterocycles. The van der Waals surface area contributed by atoms with Crippen LogP contribution in [0.15, 0.2) is 22.9 Å². The van der Waals surface area contributed by atoms with E-state index in [0.29, 0.717) is 25.3 Å². The minimum Gasteiger partial charge on any atom is -0.381 e. The summed E-state index contributed by atoms with van der Waals surface area (Å²) in [7, 11) is 0. The number of amides is 1. The molecule has 4 nitrogen and oxygen atoms in total. The van der Waals surface area contributed by atoms with E-state index in [9.17, 15) is 4.79 Å². The van der Waals surface area contributed by atoms with Crippen molar-refractivity contribution in [2.45, 2.75) is 19.8 Å². The van der Waals surface area contributed by atoms with Gasteiger partial charge >= 0.3 is 0 Å². The molecule has 0 bridgehead atoms. The van der Waals surface area contributed by atoms with Gasteiger partial charge in [-0.15, -0.1) is 0 Å². The van der Waals surface area contributed by atoms with E-state index in [1.165, 1.54) is 0 Å². The molecule has 1 aromatic heterocycles. The van der Waals surface area contributed by atoms with Crippen molar-refractivity contribution in [1.82, 2.24) is 4.98 Å². The van der Waals surface area contributed by atoms with Crippen LogP contribution in [0.4, 0.5) is 5.69 Å². The second-order valence-corrected chi connectivity index (χ2v) is 4.09. The van der Waals surface area contributed by atoms with E-state index >= 15 is 0 Å². The van der Waals surface area contributed by atoms with Gasteiger partial charge in [-0.25, -0.2) is 4.98 Å². The zero-order valence-corrected chi connectivity index (χ0v) is 10.8. The van der Waals surface area contributed by atoms with Gasteiger partial charge in [0.25, 0.3) is 0 Å². The summed E-state index contributed by atoms with van der Waals surface area (Å²) in [5.41, 5.74) is 0.698. The Kier molecular flexibility index (Phi) is 6.03. The van der Waals surface area contributed by atoms with Crippen molar-refractivity contribution in [2.75, 3.05) is 18.5 Å². The number of carbonyl (C=O) groups excluding carboxylic acids is 1. The minimum atomic E-state index is -0.0553. The fourth-order valence-electron chi connectivity index (χ4n) is 1.08. The molecule has 1 heterocycles. The van der Waals surface area contributed by atoms with Crippen LogP contribution in [0.2, 0.25) is 0 Å². The van der Waals surface area contributed by atoms with E-state index in [2.05, 4.69) is 26.2 Å². The second-order valence-electron chi connectivity index (χ2n) is 3.28. The molecule has 1 amide bonds. The van der Waals surface area contributed by atoms with Gasteiger partial charge in [0.2, 0.25) is 5.91 Å². The van der Waals surface area contributed by atoms with Gasteiger partial charge in [0.05, 0.1) is 24.9 Å². The van der Waals surface area contributed by atoms with E-state index in [-0.39, 0.29) is 5.91 Å². The molecule has 0 saturated carbocycles. The molecule has 0 atom stereocenters. The number of halogens is 1. The molecular formula is C11H15BrN2O2. The Morgan fingerprint density at radius 2 is 2.31 bits per heavy atom. The third-order valence-corrected chi connectivity index (χ3v) is 2.30. The topological polar surface area (TPSA) is 51.2 Å². The maximum atomic E-state index is 11.4. The Morgan fingerprint density at radius 1 is 1.50 bits per heavy atom. The summed E-state index contributed by atoms with van der Waals surface area (Å²) < 4.78 is 5.97. The lowest BCUT2D eigenvalue weighted by Gasteiger charge is -2.05. The summed E-state index contributed by atoms with van der Waals surface area (Å²) >= 11 is 3.23. The molecule has 0 unspecified atom stereocenters. The molecule has 0 aliphatic carbocycles. The second kappa shape index (κ2) is 7.35. The highest BCUT2D eigenvalue weighted by Gasteiger charge is 2.02. The zero-order valence-electron chi connectivity index (χ0n) is 9.20. The maximum absolute atomic E-state index is 11.4. The fourth-order valence-corrected chi connectivity index (χ4v) is 1.32. The molecule has 88 valence electrons. The number of anilines is 1. The van der Waals surface area contributed by atoms with Crippen molar-refractivity contribution >= 4 is 27.5 Å². The summed E-state index contributed by atoms with van der Waals surface area (Å²) in [6.45, 7) is 3.20. The molecule has 0 radical (unpaired) electrons. The molecule has 0 fully saturated rings. The van der Waals surface area contributed by atoms with E-state index < -0.39 is 0 Å². The molecule has 0 aliphatic heterocycles. The van der Waals surface area contributed by atoms with Gasteiger partial charge in [0.1, 0.15) is 4.60 Å². The van der Waals surface area contributed by atoms with Crippen LogP contribution in [0, 0.1) is 0 Å². The summed E-state index contributed by atoms with van der Waals surface area (Å²) in [5, 5.41) is 2.74. The SMILES string of the molecule is CCCOCCC(=O)Nc1ccc(Br)nc1. The van der Waals surface area contributed by atoms with Crippen molar-refractivity contribution < 1.29 is 9.53 Å². The standard InChI is InChI=1S/C11H15BrN2O2/c1-2-6-16-7-5-11(15)14-9-3-4-10(12)13-8-9/h3-4,8H,2,5-7H2,1H3,(H,14,15). The molecule has 1 rings (SSSR count). The van der Waals surface area contributed by atoms with Gasteiger partial charge in [-0.2, -0.15) is 0 Å². The van der Waals surface area contributed by atoms with E-state index in [0.717, 1.165) is 11.0 Å². The smallest absolute Gasteiger partial charge is 0.226 e. The molecule has 1 N–H and O–H groups in total. The van der Waals surface area contributed by atoms with E-state index in [1.807, 2.05) is 6.92 Å². The molecule has 0 aliphatic rings. The number of aromatic nitrogens is 1. The van der Waals surface area contributed by atoms with Crippen molar-refractivity contribution in [3.63, 3.8) is 0 Å². The fraction of sp³-hybridized carbons (Fsp3) is 0.455. The average Bonchev–Trinajstić information content (AvgIpc) is 2.28. The first-order chi connectivity index (χ1) is 7.72. The van der Waals surface area contributed by atoms with Crippen LogP contribution in [0.1, 0.15) is 19.8 Å². The van der Waals surface area contributed by atoms with Crippen LogP contribution in [0.25, 0.3) is 0 Å². The van der Waals surface area contributed by atoms with Gasteiger partial charge in [-0.3, -0.25) is 4.79 Å². The van der Waals surface area contributed by atoms with Gasteiger partial charge < -0.3 is 10.1 Å². The zero-order chi connectivity index (χ0) is 11.8. The molecule has 5 heteroatoms. The first-order valence-corrected chi connectivity index (χ1v) is 6.01. The van der Waals surface area contributed by atoms with Crippen LogP contribution >= 0.6 is 15.9 Å². The number of pyridine rings is 1. The number of hydrogen-bond acceptors (Lipinski definition) is 3. The van der Waals surface area contributed by atoms with Gasteiger partial charge in [-0.1, -0.05) is 6.92 Å². The number of carbonyl (C=O) groups is 1. The third-order valence-electron chi connectivity index (χ3n) is 1.83. The molecule has 1 aromatic rings. The lowest BCUT2D eigenvalue weighted by molar-refractivity contribution is -0.117. The van der Waals surface area contributed by atoms with E-state index in [4.69, 9.17) is 4.74 Å². The molecule has 16 heavy (non-hydrogen) atoms. The largest absolute Gasteiger partial charge is 0.381 e. The Bertz CT molecular complexity index is 327. The minimum absolute atomic E-state index is 0.0553. The number of hydrogen-bond donors (Lipinski definition) is 1. The van der Waals surface area contributed by atoms with Gasteiger partial charge in [-0.05, 0) is 34.5 Å². The normalized spacial score (nSPS) is 10.1. The van der Waals surface area contributed by atoms with Crippen molar-refractivity contribution in [1.29, 1.82) is 0 Å². The quantitative estimate of drug-likeness (QED) is 0.646. The number of nitrogens with one attached hydrogen (secondary N) is 1. The molecule has 0 aromatic carbocycles.